The number of thioether (sulfide) groups is 1. The lowest BCUT2D eigenvalue weighted by Crippen LogP contribution is -3.14. The van der Waals surface area contributed by atoms with Crippen LogP contribution in [0.1, 0.15) is 23.0 Å². The molecule has 2 heterocycles. The molecule has 0 spiro atoms. The molecule has 2 aromatic carbocycles. The Balaban J connectivity index is 1.70. The number of nitrogens with one attached hydrogen (secondary N) is 1. The van der Waals surface area contributed by atoms with E-state index in [9.17, 15) is 4.39 Å². The fraction of sp³-hybridized carbons (Fsp3) is 0.316. The first-order valence-electron chi connectivity index (χ1n) is 8.79. The Hall–Kier alpha value is -2.25. The second-order valence-corrected chi connectivity index (χ2v) is 7.66. The highest BCUT2D eigenvalue weighted by Crippen LogP contribution is 2.19. The van der Waals surface area contributed by atoms with Crippen LogP contribution in [0, 0.1) is 5.82 Å². The van der Waals surface area contributed by atoms with E-state index in [1.807, 2.05) is 46.8 Å². The van der Waals surface area contributed by atoms with Crippen molar-refractivity contribution < 1.29 is 9.29 Å². The molecule has 1 saturated heterocycles. The lowest BCUT2D eigenvalue weighted by atomic mass is 10.0. The second-order valence-electron chi connectivity index (χ2n) is 6.44. The molecular weight excluding hydrogens is 349 g/mol. The molecule has 3 aromatic rings. The third-order valence-electron chi connectivity index (χ3n) is 4.74. The number of quaternary nitrogens is 1. The van der Waals surface area contributed by atoms with E-state index in [0.717, 1.165) is 41.5 Å². The van der Waals surface area contributed by atoms with Gasteiger partial charge in [-0.15, -0.1) is 5.10 Å². The molecule has 0 saturated carbocycles. The van der Waals surface area contributed by atoms with Crippen molar-refractivity contribution in [2.45, 2.75) is 12.6 Å². The first-order chi connectivity index (χ1) is 12.8. The molecule has 7 heteroatoms. The molecule has 0 unspecified atom stereocenters. The molecule has 5 nitrogen and oxygen atoms in total. The van der Waals surface area contributed by atoms with Crippen molar-refractivity contribution in [3.8, 4) is 0 Å². The average molecular weight is 370 g/mol. The summed E-state index contributed by atoms with van der Waals surface area (Å²) in [5.41, 5.74) is 2.21. The number of benzene rings is 2. The van der Waals surface area contributed by atoms with Gasteiger partial charge >= 0.3 is 0 Å². The predicted molar refractivity (Wildman–Crippen MR) is 99.6 cm³/mol. The summed E-state index contributed by atoms with van der Waals surface area (Å²) in [6.45, 7) is 2.72. The van der Waals surface area contributed by atoms with Crippen molar-refractivity contribution in [3.63, 3.8) is 0 Å². The third kappa shape index (κ3) is 3.78. The summed E-state index contributed by atoms with van der Waals surface area (Å²) < 4.78 is 15.3. The molecule has 0 radical (unpaired) electrons. The van der Waals surface area contributed by atoms with Crippen LogP contribution in [-0.2, 0) is 6.54 Å². The maximum absolute atomic E-state index is 13.4. The molecule has 1 atom stereocenters. The Labute approximate surface area is 156 Å². The number of rotatable bonds is 5. The Morgan fingerprint density at radius 3 is 2.50 bits per heavy atom. The third-order valence-corrected chi connectivity index (χ3v) is 5.73. The smallest absolute Gasteiger partial charge is 0.214 e. The number of aromatic nitrogens is 4. The number of halogens is 1. The fourth-order valence-electron chi connectivity index (χ4n) is 3.43. The minimum atomic E-state index is -0.222. The Kier molecular flexibility index (Phi) is 5.26. The van der Waals surface area contributed by atoms with Gasteiger partial charge in [0.25, 0.3) is 0 Å². The Morgan fingerprint density at radius 1 is 1.04 bits per heavy atom. The number of tetrazole rings is 1. The summed E-state index contributed by atoms with van der Waals surface area (Å²) in [6.07, 6.45) is 0. The molecule has 1 N–H and O–H groups in total. The molecule has 1 aromatic heterocycles. The van der Waals surface area contributed by atoms with Crippen molar-refractivity contribution in [1.29, 1.82) is 0 Å². The minimum Gasteiger partial charge on any atom is -0.321 e. The van der Waals surface area contributed by atoms with Crippen molar-refractivity contribution in [2.75, 3.05) is 24.6 Å². The molecule has 0 aliphatic carbocycles. The zero-order valence-electron chi connectivity index (χ0n) is 14.4. The molecule has 134 valence electrons. The molecule has 26 heavy (non-hydrogen) atoms. The SMILES string of the molecule is Fc1ccc([C@@H](c2nnnn2Cc2ccccc2)[NH+]2CCSCC2)cc1. The van der Waals surface area contributed by atoms with Gasteiger partial charge in [-0.25, -0.2) is 9.07 Å². The first-order valence-corrected chi connectivity index (χ1v) is 9.94. The van der Waals surface area contributed by atoms with E-state index >= 15 is 0 Å². The minimum absolute atomic E-state index is 0.00946. The lowest BCUT2D eigenvalue weighted by Gasteiger charge is -2.30. The summed E-state index contributed by atoms with van der Waals surface area (Å²) >= 11 is 1.98. The van der Waals surface area contributed by atoms with Crippen molar-refractivity contribution in [3.05, 3.63) is 77.4 Å². The van der Waals surface area contributed by atoms with Crippen LogP contribution in [-0.4, -0.2) is 44.8 Å². The van der Waals surface area contributed by atoms with Crippen molar-refractivity contribution in [1.82, 2.24) is 20.2 Å². The molecule has 1 aliphatic heterocycles. The van der Waals surface area contributed by atoms with Crippen molar-refractivity contribution >= 4 is 11.8 Å². The van der Waals surface area contributed by atoms with Crippen LogP contribution in [0.5, 0.6) is 0 Å². The topological polar surface area (TPSA) is 48.0 Å². The summed E-state index contributed by atoms with van der Waals surface area (Å²) in [7, 11) is 0. The highest BCUT2D eigenvalue weighted by atomic mass is 32.2. The highest BCUT2D eigenvalue weighted by molar-refractivity contribution is 7.99. The van der Waals surface area contributed by atoms with Gasteiger partial charge in [0, 0.05) is 17.1 Å². The van der Waals surface area contributed by atoms with E-state index in [0.29, 0.717) is 6.54 Å². The maximum Gasteiger partial charge on any atom is 0.214 e. The van der Waals surface area contributed by atoms with Crippen LogP contribution in [0.15, 0.2) is 54.6 Å². The maximum atomic E-state index is 13.4. The molecule has 0 bridgehead atoms. The van der Waals surface area contributed by atoms with E-state index < -0.39 is 0 Å². The number of nitrogens with zero attached hydrogens (tertiary/aromatic N) is 4. The van der Waals surface area contributed by atoms with Crippen LogP contribution in [0.3, 0.4) is 0 Å². The van der Waals surface area contributed by atoms with Crippen molar-refractivity contribution in [2.24, 2.45) is 0 Å². The van der Waals surface area contributed by atoms with Gasteiger partial charge in [0.2, 0.25) is 5.82 Å². The lowest BCUT2D eigenvalue weighted by molar-refractivity contribution is -0.922. The standard InChI is InChI=1S/C19H20FN5S/c20-17-8-6-16(7-9-17)18(24-10-12-26-13-11-24)19-21-22-23-25(19)14-15-4-2-1-3-5-15/h1-9,18H,10-14H2/p+1/t18-/m0/s1. The molecular formula is C19H21FN5S+. The molecule has 0 amide bonds. The van der Waals surface area contributed by atoms with Crippen LogP contribution in [0.2, 0.25) is 0 Å². The fourth-order valence-corrected chi connectivity index (χ4v) is 4.45. The van der Waals surface area contributed by atoms with E-state index in [1.54, 1.807) is 0 Å². The largest absolute Gasteiger partial charge is 0.321 e. The molecule has 1 fully saturated rings. The summed E-state index contributed by atoms with van der Waals surface area (Å²) in [6, 6.07) is 16.9. The Morgan fingerprint density at radius 2 is 1.77 bits per heavy atom. The highest BCUT2D eigenvalue weighted by Gasteiger charge is 2.32. The van der Waals surface area contributed by atoms with Gasteiger partial charge in [-0.3, -0.25) is 0 Å². The predicted octanol–water partition coefficient (Wildman–Crippen LogP) is 1.58. The monoisotopic (exact) mass is 370 g/mol. The van der Waals surface area contributed by atoms with Crippen LogP contribution < -0.4 is 4.90 Å². The normalized spacial score (nSPS) is 16.5. The molecule has 1 aliphatic rings. The van der Waals surface area contributed by atoms with E-state index in [1.165, 1.54) is 17.0 Å². The summed E-state index contributed by atoms with van der Waals surface area (Å²) in [5.74, 6) is 2.85. The zero-order chi connectivity index (χ0) is 17.8. The summed E-state index contributed by atoms with van der Waals surface area (Å²) in [4.78, 5) is 1.43. The van der Waals surface area contributed by atoms with Gasteiger partial charge in [0.1, 0.15) is 5.82 Å². The van der Waals surface area contributed by atoms with Gasteiger partial charge in [0.05, 0.1) is 19.6 Å². The first kappa shape index (κ1) is 17.2. The van der Waals surface area contributed by atoms with Gasteiger partial charge in [0.15, 0.2) is 6.04 Å². The molecule has 4 rings (SSSR count). The average Bonchev–Trinajstić information content (AvgIpc) is 3.13. The zero-order valence-corrected chi connectivity index (χ0v) is 15.2. The van der Waals surface area contributed by atoms with E-state index in [-0.39, 0.29) is 11.9 Å². The second kappa shape index (κ2) is 7.97. The van der Waals surface area contributed by atoms with Crippen LogP contribution >= 0.6 is 11.8 Å². The van der Waals surface area contributed by atoms with Gasteiger partial charge in [-0.2, -0.15) is 11.8 Å². The van der Waals surface area contributed by atoms with Crippen LogP contribution in [0.25, 0.3) is 0 Å². The number of hydrogen-bond acceptors (Lipinski definition) is 4. The van der Waals surface area contributed by atoms with Gasteiger partial charge in [-0.05, 0) is 40.3 Å². The van der Waals surface area contributed by atoms with Gasteiger partial charge in [-0.1, -0.05) is 30.3 Å². The van der Waals surface area contributed by atoms with Crippen LogP contribution in [0.4, 0.5) is 4.39 Å². The summed E-state index contributed by atoms with van der Waals surface area (Å²) in [5, 5.41) is 12.5. The van der Waals surface area contributed by atoms with Gasteiger partial charge < -0.3 is 4.90 Å². The Bertz CT molecular complexity index is 831. The quantitative estimate of drug-likeness (QED) is 0.741. The van der Waals surface area contributed by atoms with E-state index in [4.69, 9.17) is 0 Å². The van der Waals surface area contributed by atoms with E-state index in [2.05, 4.69) is 27.7 Å². The number of hydrogen-bond donors (Lipinski definition) is 1.